The lowest BCUT2D eigenvalue weighted by Crippen LogP contribution is -2.11. The molecule has 0 aromatic heterocycles. The SMILES string of the molecule is COC(=O)Cc1c(C#N)cc(F)cc1CN. The minimum atomic E-state index is -0.536. The van der Waals surface area contributed by atoms with Gasteiger partial charge in [0.25, 0.3) is 0 Å². The molecular formula is C11H11FN2O2. The molecule has 1 aromatic rings. The van der Waals surface area contributed by atoms with E-state index in [1.165, 1.54) is 13.2 Å². The Kier molecular flexibility index (Phi) is 3.97. The van der Waals surface area contributed by atoms with Crippen molar-refractivity contribution in [2.24, 2.45) is 5.73 Å². The Labute approximate surface area is 92.4 Å². The van der Waals surface area contributed by atoms with Crippen molar-refractivity contribution < 1.29 is 13.9 Å². The Hall–Kier alpha value is -1.93. The molecule has 16 heavy (non-hydrogen) atoms. The molecule has 5 heteroatoms. The van der Waals surface area contributed by atoms with Gasteiger partial charge in [-0.1, -0.05) is 0 Å². The van der Waals surface area contributed by atoms with Gasteiger partial charge in [-0.25, -0.2) is 4.39 Å². The summed E-state index contributed by atoms with van der Waals surface area (Å²) in [5.41, 5.74) is 6.42. The summed E-state index contributed by atoms with van der Waals surface area (Å²) in [6.07, 6.45) is -0.0772. The van der Waals surface area contributed by atoms with Crippen molar-refractivity contribution in [1.29, 1.82) is 5.26 Å². The van der Waals surface area contributed by atoms with Crippen molar-refractivity contribution in [3.8, 4) is 6.07 Å². The number of hydrogen-bond donors (Lipinski definition) is 1. The first-order valence-corrected chi connectivity index (χ1v) is 4.60. The van der Waals surface area contributed by atoms with E-state index in [2.05, 4.69) is 4.74 Å². The maximum absolute atomic E-state index is 13.1. The lowest BCUT2D eigenvalue weighted by molar-refractivity contribution is -0.139. The van der Waals surface area contributed by atoms with Gasteiger partial charge in [0.05, 0.1) is 25.2 Å². The van der Waals surface area contributed by atoms with Gasteiger partial charge in [0.1, 0.15) is 5.82 Å². The number of carbonyl (C=O) groups excluding carboxylic acids is 1. The fraction of sp³-hybridized carbons (Fsp3) is 0.273. The molecule has 0 radical (unpaired) electrons. The van der Waals surface area contributed by atoms with Crippen molar-refractivity contribution in [2.45, 2.75) is 13.0 Å². The van der Waals surface area contributed by atoms with Crippen molar-refractivity contribution in [3.63, 3.8) is 0 Å². The minimum Gasteiger partial charge on any atom is -0.469 e. The van der Waals surface area contributed by atoms with Crippen molar-refractivity contribution in [1.82, 2.24) is 0 Å². The van der Waals surface area contributed by atoms with E-state index < -0.39 is 11.8 Å². The number of methoxy groups -OCH3 is 1. The highest BCUT2D eigenvalue weighted by molar-refractivity contribution is 5.74. The summed E-state index contributed by atoms with van der Waals surface area (Å²) < 4.78 is 17.6. The predicted octanol–water partition coefficient (Wildman–Crippen LogP) is 0.872. The second-order valence-corrected chi connectivity index (χ2v) is 3.16. The predicted molar refractivity (Wildman–Crippen MR) is 54.7 cm³/mol. The molecule has 0 bridgehead atoms. The number of nitrogens with two attached hydrogens (primary N) is 1. The van der Waals surface area contributed by atoms with E-state index in [1.807, 2.05) is 6.07 Å². The normalized spacial score (nSPS) is 9.62. The molecule has 0 fully saturated rings. The van der Waals surface area contributed by atoms with Gasteiger partial charge < -0.3 is 10.5 Å². The number of carbonyl (C=O) groups is 1. The van der Waals surface area contributed by atoms with Crippen LogP contribution in [-0.4, -0.2) is 13.1 Å². The average Bonchev–Trinajstić information content (AvgIpc) is 2.30. The zero-order valence-electron chi connectivity index (χ0n) is 8.79. The Morgan fingerprint density at radius 1 is 1.62 bits per heavy atom. The lowest BCUT2D eigenvalue weighted by Gasteiger charge is -2.09. The first-order chi connectivity index (χ1) is 7.62. The molecule has 84 valence electrons. The van der Waals surface area contributed by atoms with E-state index >= 15 is 0 Å². The van der Waals surface area contributed by atoms with Gasteiger partial charge in [-0.05, 0) is 23.3 Å². The number of benzene rings is 1. The van der Waals surface area contributed by atoms with Gasteiger partial charge in [-0.3, -0.25) is 4.79 Å². The summed E-state index contributed by atoms with van der Waals surface area (Å²) in [5.74, 6) is -1.02. The van der Waals surface area contributed by atoms with E-state index in [-0.39, 0.29) is 18.5 Å². The highest BCUT2D eigenvalue weighted by Gasteiger charge is 2.14. The highest BCUT2D eigenvalue weighted by atomic mass is 19.1. The molecule has 1 aromatic carbocycles. The molecule has 0 spiro atoms. The van der Waals surface area contributed by atoms with Crippen LogP contribution in [0, 0.1) is 17.1 Å². The molecule has 0 atom stereocenters. The third-order valence-corrected chi connectivity index (χ3v) is 2.20. The topological polar surface area (TPSA) is 76.1 Å². The van der Waals surface area contributed by atoms with Crippen LogP contribution in [0.15, 0.2) is 12.1 Å². The Balaban J connectivity index is 3.23. The average molecular weight is 222 g/mol. The third kappa shape index (κ3) is 2.55. The van der Waals surface area contributed by atoms with Crippen molar-refractivity contribution in [3.05, 3.63) is 34.6 Å². The number of esters is 1. The summed E-state index contributed by atoms with van der Waals surface area (Å²) in [6, 6.07) is 4.14. The molecule has 0 unspecified atom stereocenters. The molecule has 0 amide bonds. The molecule has 0 aliphatic rings. The summed E-state index contributed by atoms with van der Waals surface area (Å²) in [7, 11) is 1.25. The van der Waals surface area contributed by atoms with Crippen molar-refractivity contribution in [2.75, 3.05) is 7.11 Å². The van der Waals surface area contributed by atoms with Crippen LogP contribution in [0.1, 0.15) is 16.7 Å². The van der Waals surface area contributed by atoms with Crippen LogP contribution >= 0.6 is 0 Å². The Bertz CT molecular complexity index is 452. The van der Waals surface area contributed by atoms with E-state index in [4.69, 9.17) is 11.0 Å². The molecule has 0 aliphatic carbocycles. The number of hydrogen-bond acceptors (Lipinski definition) is 4. The summed E-state index contributed by atoms with van der Waals surface area (Å²) in [4.78, 5) is 11.1. The smallest absolute Gasteiger partial charge is 0.310 e. The lowest BCUT2D eigenvalue weighted by atomic mass is 9.98. The number of rotatable bonds is 3. The van der Waals surface area contributed by atoms with Gasteiger partial charge in [0, 0.05) is 6.54 Å². The van der Waals surface area contributed by atoms with E-state index in [0.29, 0.717) is 11.1 Å². The van der Waals surface area contributed by atoms with Gasteiger partial charge in [-0.15, -0.1) is 0 Å². The van der Waals surface area contributed by atoms with Gasteiger partial charge in [-0.2, -0.15) is 5.26 Å². The van der Waals surface area contributed by atoms with Crippen LogP contribution in [0.3, 0.4) is 0 Å². The van der Waals surface area contributed by atoms with E-state index in [1.54, 1.807) is 0 Å². The summed E-state index contributed by atoms with van der Waals surface area (Å²) in [5, 5.41) is 8.84. The van der Waals surface area contributed by atoms with Crippen LogP contribution in [0.2, 0.25) is 0 Å². The number of ether oxygens (including phenoxy) is 1. The maximum atomic E-state index is 13.1. The standard InChI is InChI=1S/C11H11FN2O2/c1-16-11(15)4-10-7(5-13)2-9(12)3-8(10)6-14/h2-3H,4-5,13H2,1H3. The first kappa shape index (κ1) is 12.1. The largest absolute Gasteiger partial charge is 0.469 e. The van der Waals surface area contributed by atoms with Crippen molar-refractivity contribution >= 4 is 5.97 Å². The molecule has 4 nitrogen and oxygen atoms in total. The minimum absolute atomic E-state index is 0.0682. The molecule has 0 aliphatic heterocycles. The molecule has 0 saturated heterocycles. The maximum Gasteiger partial charge on any atom is 0.310 e. The molecule has 0 saturated carbocycles. The third-order valence-electron chi connectivity index (χ3n) is 2.20. The molecular weight excluding hydrogens is 211 g/mol. The number of halogens is 1. The van der Waals surface area contributed by atoms with Crippen LogP contribution in [0.25, 0.3) is 0 Å². The summed E-state index contributed by atoms with van der Waals surface area (Å²) >= 11 is 0. The monoisotopic (exact) mass is 222 g/mol. The number of nitrogens with zero attached hydrogens (tertiary/aromatic N) is 1. The zero-order valence-corrected chi connectivity index (χ0v) is 8.79. The molecule has 2 N–H and O–H groups in total. The number of nitriles is 1. The van der Waals surface area contributed by atoms with Gasteiger partial charge in [0.2, 0.25) is 0 Å². The van der Waals surface area contributed by atoms with E-state index in [0.717, 1.165) is 6.07 Å². The van der Waals surface area contributed by atoms with Crippen LogP contribution in [0.4, 0.5) is 4.39 Å². The fourth-order valence-corrected chi connectivity index (χ4v) is 1.40. The zero-order chi connectivity index (χ0) is 12.1. The van der Waals surface area contributed by atoms with Gasteiger partial charge >= 0.3 is 5.97 Å². The second-order valence-electron chi connectivity index (χ2n) is 3.16. The first-order valence-electron chi connectivity index (χ1n) is 4.60. The fourth-order valence-electron chi connectivity index (χ4n) is 1.40. The summed E-state index contributed by atoms with van der Waals surface area (Å²) in [6.45, 7) is 0.0682. The van der Waals surface area contributed by atoms with Crippen LogP contribution < -0.4 is 5.73 Å². The Morgan fingerprint density at radius 2 is 2.31 bits per heavy atom. The molecule has 0 heterocycles. The quantitative estimate of drug-likeness (QED) is 0.770. The van der Waals surface area contributed by atoms with Crippen LogP contribution in [0.5, 0.6) is 0 Å². The second kappa shape index (κ2) is 5.24. The van der Waals surface area contributed by atoms with E-state index in [9.17, 15) is 9.18 Å². The van der Waals surface area contributed by atoms with Gasteiger partial charge in [0.15, 0.2) is 0 Å². The van der Waals surface area contributed by atoms with Crippen LogP contribution in [-0.2, 0) is 22.5 Å². The highest BCUT2D eigenvalue weighted by Crippen LogP contribution is 2.17. The Morgan fingerprint density at radius 3 is 2.81 bits per heavy atom. The molecule has 1 rings (SSSR count).